The van der Waals surface area contributed by atoms with Crippen LogP contribution in [0.15, 0.2) is 35.3 Å². The number of ether oxygens (including phenoxy) is 3. The van der Waals surface area contributed by atoms with Gasteiger partial charge in [-0.2, -0.15) is 0 Å². The zero-order valence-electron chi connectivity index (χ0n) is 16.8. The highest BCUT2D eigenvalue weighted by molar-refractivity contribution is 5.93. The Kier molecular flexibility index (Phi) is 7.34. The first kappa shape index (κ1) is 20.4. The van der Waals surface area contributed by atoms with Crippen molar-refractivity contribution < 1.29 is 14.2 Å². The lowest BCUT2D eigenvalue weighted by atomic mass is 10.0. The number of aliphatic imine (C=N–C) groups is 1. The van der Waals surface area contributed by atoms with Crippen molar-refractivity contribution in [3.8, 4) is 17.2 Å². The van der Waals surface area contributed by atoms with E-state index in [4.69, 9.17) is 19.9 Å². The molecule has 0 atom stereocenters. The van der Waals surface area contributed by atoms with Gasteiger partial charge in [0.25, 0.3) is 0 Å². The Bertz CT molecular complexity index is 781. The minimum Gasteiger partial charge on any atom is -0.496 e. The molecule has 2 rings (SSSR count). The topological polar surface area (TPSA) is 78.1 Å². The van der Waals surface area contributed by atoms with E-state index in [0.717, 1.165) is 24.1 Å². The van der Waals surface area contributed by atoms with E-state index in [-0.39, 0.29) is 0 Å². The average Bonchev–Trinajstić information content (AvgIpc) is 2.71. The molecule has 0 aliphatic rings. The van der Waals surface area contributed by atoms with Crippen LogP contribution in [0.3, 0.4) is 0 Å². The van der Waals surface area contributed by atoms with Crippen molar-refractivity contribution in [1.29, 1.82) is 0 Å². The van der Waals surface area contributed by atoms with Crippen LogP contribution in [0.5, 0.6) is 17.2 Å². The largest absolute Gasteiger partial charge is 0.496 e. The van der Waals surface area contributed by atoms with Gasteiger partial charge in [-0.3, -0.25) is 0 Å². The molecule has 0 spiro atoms. The maximum Gasteiger partial charge on any atom is 0.193 e. The van der Waals surface area contributed by atoms with Crippen LogP contribution in [-0.4, -0.2) is 27.3 Å². The number of rotatable bonds is 8. The highest BCUT2D eigenvalue weighted by Crippen LogP contribution is 2.35. The van der Waals surface area contributed by atoms with E-state index in [1.54, 1.807) is 27.4 Å². The van der Waals surface area contributed by atoms with E-state index < -0.39 is 0 Å². The smallest absolute Gasteiger partial charge is 0.193 e. The summed E-state index contributed by atoms with van der Waals surface area (Å²) in [6, 6.07) is 9.92. The number of aryl methyl sites for hydroxylation is 2. The molecule has 0 aliphatic heterocycles. The molecule has 6 nitrogen and oxygen atoms in total. The second-order valence-electron chi connectivity index (χ2n) is 6.00. The van der Waals surface area contributed by atoms with Crippen LogP contribution in [0.1, 0.15) is 30.5 Å². The number of hydrogen-bond donors (Lipinski definition) is 2. The summed E-state index contributed by atoms with van der Waals surface area (Å²) in [7, 11) is 4.80. The molecule has 0 unspecified atom stereocenters. The zero-order valence-corrected chi connectivity index (χ0v) is 16.8. The van der Waals surface area contributed by atoms with Gasteiger partial charge in [-0.15, -0.1) is 0 Å². The fraction of sp³-hybridized carbons (Fsp3) is 0.381. The summed E-state index contributed by atoms with van der Waals surface area (Å²) in [6.07, 6.45) is 1.85. The number of nitrogens with zero attached hydrogens (tertiary/aromatic N) is 1. The SMILES string of the molecule is CCc1cccc(CC)c1NC(N)=NCc1cc(OC)c(OC)cc1OC. The Labute approximate surface area is 161 Å². The van der Waals surface area contributed by atoms with E-state index in [9.17, 15) is 0 Å². The molecular formula is C21H29N3O3. The zero-order chi connectivity index (χ0) is 19.8. The lowest BCUT2D eigenvalue weighted by molar-refractivity contribution is 0.347. The Morgan fingerprint density at radius 1 is 0.889 bits per heavy atom. The Morgan fingerprint density at radius 3 is 1.96 bits per heavy atom. The summed E-state index contributed by atoms with van der Waals surface area (Å²) in [4.78, 5) is 4.49. The molecule has 27 heavy (non-hydrogen) atoms. The lowest BCUT2D eigenvalue weighted by Gasteiger charge is -2.15. The van der Waals surface area contributed by atoms with Crippen LogP contribution in [0.4, 0.5) is 5.69 Å². The molecule has 2 aromatic carbocycles. The number of anilines is 1. The normalized spacial score (nSPS) is 11.2. The second-order valence-corrected chi connectivity index (χ2v) is 6.00. The summed E-state index contributed by atoms with van der Waals surface area (Å²) in [5.41, 5.74) is 10.5. The van der Waals surface area contributed by atoms with Gasteiger partial charge < -0.3 is 25.3 Å². The van der Waals surface area contributed by atoms with E-state index in [0.29, 0.717) is 29.8 Å². The summed E-state index contributed by atoms with van der Waals surface area (Å²) >= 11 is 0. The number of nitrogens with one attached hydrogen (secondary N) is 1. The van der Waals surface area contributed by atoms with Gasteiger partial charge >= 0.3 is 0 Å². The van der Waals surface area contributed by atoms with Crippen LogP contribution >= 0.6 is 0 Å². The summed E-state index contributed by atoms with van der Waals surface area (Å²) in [5, 5.41) is 3.27. The molecule has 146 valence electrons. The Balaban J connectivity index is 2.26. The molecule has 0 amide bonds. The number of methoxy groups -OCH3 is 3. The monoisotopic (exact) mass is 371 g/mol. The fourth-order valence-corrected chi connectivity index (χ4v) is 2.96. The third-order valence-electron chi connectivity index (χ3n) is 4.46. The minimum absolute atomic E-state index is 0.359. The first-order valence-corrected chi connectivity index (χ1v) is 9.04. The van der Waals surface area contributed by atoms with Gasteiger partial charge in [0.1, 0.15) is 5.75 Å². The predicted molar refractivity (Wildman–Crippen MR) is 110 cm³/mol. The first-order chi connectivity index (χ1) is 13.1. The number of para-hydroxylation sites is 1. The van der Waals surface area contributed by atoms with E-state index in [1.165, 1.54) is 11.1 Å². The van der Waals surface area contributed by atoms with Crippen LogP contribution < -0.4 is 25.3 Å². The number of benzene rings is 2. The van der Waals surface area contributed by atoms with Gasteiger partial charge in [0.05, 0.1) is 27.9 Å². The van der Waals surface area contributed by atoms with Gasteiger partial charge in [-0.05, 0) is 30.0 Å². The highest BCUT2D eigenvalue weighted by Gasteiger charge is 2.12. The molecule has 2 aromatic rings. The highest BCUT2D eigenvalue weighted by atomic mass is 16.5. The molecule has 0 heterocycles. The summed E-state index contributed by atoms with van der Waals surface area (Å²) in [6.45, 7) is 4.61. The van der Waals surface area contributed by atoms with Gasteiger partial charge in [0.2, 0.25) is 0 Å². The number of hydrogen-bond acceptors (Lipinski definition) is 4. The van der Waals surface area contributed by atoms with Crippen molar-refractivity contribution in [2.75, 3.05) is 26.6 Å². The number of nitrogens with two attached hydrogens (primary N) is 1. The van der Waals surface area contributed by atoms with Crippen molar-refractivity contribution >= 4 is 11.6 Å². The van der Waals surface area contributed by atoms with Crippen molar-refractivity contribution in [3.05, 3.63) is 47.0 Å². The molecule has 0 aliphatic carbocycles. The molecule has 0 saturated heterocycles. The predicted octanol–water partition coefficient (Wildman–Crippen LogP) is 3.76. The molecular weight excluding hydrogens is 342 g/mol. The van der Waals surface area contributed by atoms with Crippen molar-refractivity contribution in [2.24, 2.45) is 10.7 Å². The average molecular weight is 371 g/mol. The molecule has 0 aromatic heterocycles. The van der Waals surface area contributed by atoms with Crippen LogP contribution in [0.2, 0.25) is 0 Å². The van der Waals surface area contributed by atoms with Crippen molar-refractivity contribution in [3.63, 3.8) is 0 Å². The third kappa shape index (κ3) is 4.84. The minimum atomic E-state index is 0.359. The maximum absolute atomic E-state index is 6.16. The van der Waals surface area contributed by atoms with E-state index >= 15 is 0 Å². The fourth-order valence-electron chi connectivity index (χ4n) is 2.96. The lowest BCUT2D eigenvalue weighted by Crippen LogP contribution is -2.24. The van der Waals surface area contributed by atoms with Crippen LogP contribution in [-0.2, 0) is 19.4 Å². The van der Waals surface area contributed by atoms with Gasteiger partial charge in [-0.1, -0.05) is 32.0 Å². The van der Waals surface area contributed by atoms with Crippen molar-refractivity contribution in [2.45, 2.75) is 33.2 Å². The Morgan fingerprint density at radius 2 is 1.44 bits per heavy atom. The van der Waals surface area contributed by atoms with Crippen LogP contribution in [0.25, 0.3) is 0 Å². The molecule has 6 heteroatoms. The van der Waals surface area contributed by atoms with Gasteiger partial charge in [-0.25, -0.2) is 4.99 Å². The van der Waals surface area contributed by atoms with Crippen LogP contribution in [0, 0.1) is 0 Å². The molecule has 0 radical (unpaired) electrons. The maximum atomic E-state index is 6.16. The molecule has 0 saturated carbocycles. The van der Waals surface area contributed by atoms with E-state index in [1.807, 2.05) is 6.07 Å². The second kappa shape index (κ2) is 9.71. The van der Waals surface area contributed by atoms with Gasteiger partial charge in [0, 0.05) is 17.3 Å². The Hall–Kier alpha value is -2.89. The number of guanidine groups is 1. The summed E-state index contributed by atoms with van der Waals surface area (Å²) in [5.74, 6) is 2.27. The molecule has 0 fully saturated rings. The molecule has 3 N–H and O–H groups in total. The molecule has 0 bridgehead atoms. The standard InChI is InChI=1S/C21H29N3O3/c1-6-14-9-8-10-15(7-2)20(14)24-21(22)23-13-16-11-18(26-4)19(27-5)12-17(16)25-3/h8-12H,6-7,13H2,1-5H3,(H3,22,23,24). The quantitative estimate of drug-likeness (QED) is 0.546. The third-order valence-corrected chi connectivity index (χ3v) is 4.46. The first-order valence-electron chi connectivity index (χ1n) is 9.04. The van der Waals surface area contributed by atoms with Crippen molar-refractivity contribution in [1.82, 2.24) is 0 Å². The van der Waals surface area contributed by atoms with E-state index in [2.05, 4.69) is 42.4 Å². The summed E-state index contributed by atoms with van der Waals surface area (Å²) < 4.78 is 16.1. The van der Waals surface area contributed by atoms with Gasteiger partial charge in [0.15, 0.2) is 17.5 Å².